The Balaban J connectivity index is 1.71. The van der Waals surface area contributed by atoms with Crippen LogP contribution in [0.15, 0.2) is 41.4 Å². The number of aryl methyl sites for hydroxylation is 1. The fraction of sp³-hybridized carbons (Fsp3) is 0.286. The monoisotopic (exact) mass is 332 g/mol. The van der Waals surface area contributed by atoms with Crippen LogP contribution in [0, 0.1) is 6.92 Å². The highest BCUT2D eigenvalue weighted by atomic mass is 16.2. The minimum atomic E-state index is -0.222. The fourth-order valence-corrected chi connectivity index (χ4v) is 3.57. The van der Waals surface area contributed by atoms with Crippen LogP contribution >= 0.6 is 0 Å². The zero-order valence-electron chi connectivity index (χ0n) is 14.9. The third kappa shape index (κ3) is 2.17. The van der Waals surface area contributed by atoms with Gasteiger partial charge in [-0.1, -0.05) is 32.0 Å². The van der Waals surface area contributed by atoms with Crippen molar-refractivity contribution in [2.75, 3.05) is 0 Å². The summed E-state index contributed by atoms with van der Waals surface area (Å²) in [4.78, 5) is 31.2. The summed E-state index contributed by atoms with van der Waals surface area (Å²) in [5.74, 6) is -0.443. The first-order chi connectivity index (χ1) is 11.8. The van der Waals surface area contributed by atoms with Crippen molar-refractivity contribution in [3.05, 3.63) is 64.2 Å². The summed E-state index contributed by atoms with van der Waals surface area (Å²) in [6, 6.07) is 11.2. The molecular weight excluding hydrogens is 312 g/mol. The van der Waals surface area contributed by atoms with Crippen LogP contribution in [0.4, 0.5) is 5.69 Å². The summed E-state index contributed by atoms with van der Waals surface area (Å²) in [5, 5.41) is 0. The number of imide groups is 1. The van der Waals surface area contributed by atoms with Gasteiger partial charge in [0.15, 0.2) is 0 Å². The minimum absolute atomic E-state index is 0.0753. The topological polar surface area (TPSA) is 49.7 Å². The van der Waals surface area contributed by atoms with Gasteiger partial charge in [-0.25, -0.2) is 0 Å². The van der Waals surface area contributed by atoms with Crippen LogP contribution in [-0.2, 0) is 12.0 Å². The zero-order chi connectivity index (χ0) is 17.9. The predicted octanol–water partition coefficient (Wildman–Crippen LogP) is 4.17. The highest BCUT2D eigenvalue weighted by Crippen LogP contribution is 2.41. The summed E-state index contributed by atoms with van der Waals surface area (Å²) >= 11 is 0. The van der Waals surface area contributed by atoms with Crippen LogP contribution in [0.3, 0.4) is 0 Å². The molecule has 0 N–H and O–H groups in total. The number of nitrogens with zero attached hydrogens (tertiary/aromatic N) is 2. The van der Waals surface area contributed by atoms with Crippen LogP contribution < -0.4 is 0 Å². The molecule has 0 radical (unpaired) electrons. The van der Waals surface area contributed by atoms with E-state index in [9.17, 15) is 9.59 Å². The molecule has 0 unspecified atom stereocenters. The summed E-state index contributed by atoms with van der Waals surface area (Å²) < 4.78 is 0. The summed E-state index contributed by atoms with van der Waals surface area (Å²) in [6.07, 6.45) is 0. The normalized spacial score (nSPS) is 17.6. The van der Waals surface area contributed by atoms with Gasteiger partial charge in [0.25, 0.3) is 11.8 Å². The first kappa shape index (κ1) is 15.8. The molecular formula is C21H20N2O2. The number of amides is 2. The van der Waals surface area contributed by atoms with E-state index in [0.29, 0.717) is 11.1 Å². The van der Waals surface area contributed by atoms with E-state index < -0.39 is 0 Å². The van der Waals surface area contributed by atoms with Gasteiger partial charge in [-0.3, -0.25) is 19.5 Å². The van der Waals surface area contributed by atoms with Gasteiger partial charge in [0.05, 0.1) is 23.4 Å². The molecule has 25 heavy (non-hydrogen) atoms. The number of carbonyl (C=O) groups excluding carboxylic acids is 2. The molecule has 2 aromatic carbocycles. The standard InChI is InChI=1S/C21H20N2O2/c1-12-9-17-18(22-13(2)21(17,3)4)10-14(12)11-23-19(24)15-7-5-6-8-16(15)20(23)25/h5-10H,11H2,1-4H3. The van der Waals surface area contributed by atoms with E-state index in [1.165, 1.54) is 10.5 Å². The fourth-order valence-electron chi connectivity index (χ4n) is 3.57. The van der Waals surface area contributed by atoms with Crippen molar-refractivity contribution in [1.29, 1.82) is 0 Å². The van der Waals surface area contributed by atoms with Gasteiger partial charge in [0.2, 0.25) is 0 Å². The number of carbonyl (C=O) groups is 2. The van der Waals surface area contributed by atoms with Crippen molar-refractivity contribution >= 4 is 23.2 Å². The summed E-state index contributed by atoms with van der Waals surface area (Å²) in [7, 11) is 0. The zero-order valence-corrected chi connectivity index (χ0v) is 14.9. The Morgan fingerprint density at radius 2 is 1.60 bits per heavy atom. The van der Waals surface area contributed by atoms with E-state index in [1.54, 1.807) is 24.3 Å². The number of hydrogen-bond acceptors (Lipinski definition) is 3. The lowest BCUT2D eigenvalue weighted by atomic mass is 9.81. The molecule has 0 aromatic heterocycles. The van der Waals surface area contributed by atoms with Crippen molar-refractivity contribution in [3.63, 3.8) is 0 Å². The average Bonchev–Trinajstić information content (AvgIpc) is 2.94. The molecule has 4 nitrogen and oxygen atoms in total. The molecule has 2 amide bonds. The van der Waals surface area contributed by atoms with Crippen LogP contribution in [-0.4, -0.2) is 22.4 Å². The molecule has 4 heteroatoms. The molecule has 0 spiro atoms. The molecule has 0 atom stereocenters. The van der Waals surface area contributed by atoms with Crippen LogP contribution in [0.1, 0.15) is 58.2 Å². The number of hydrogen-bond donors (Lipinski definition) is 0. The molecule has 2 aliphatic rings. The molecule has 0 saturated heterocycles. The summed E-state index contributed by atoms with van der Waals surface area (Å²) in [5.41, 5.74) is 6.17. The second-order valence-corrected chi connectivity index (χ2v) is 7.36. The van der Waals surface area contributed by atoms with E-state index in [4.69, 9.17) is 0 Å². The lowest BCUT2D eigenvalue weighted by molar-refractivity contribution is 0.0642. The molecule has 2 aliphatic heterocycles. The molecule has 126 valence electrons. The van der Waals surface area contributed by atoms with Crippen LogP contribution in [0.5, 0.6) is 0 Å². The van der Waals surface area contributed by atoms with Crippen LogP contribution in [0.25, 0.3) is 0 Å². The third-order valence-corrected chi connectivity index (χ3v) is 5.53. The second kappa shape index (κ2) is 5.12. The SMILES string of the molecule is CC1=Nc2cc(CN3C(=O)c4ccccc4C3=O)c(C)cc2C1(C)C. The van der Waals surface area contributed by atoms with Gasteiger partial charge in [-0.15, -0.1) is 0 Å². The van der Waals surface area contributed by atoms with Gasteiger partial charge < -0.3 is 0 Å². The second-order valence-electron chi connectivity index (χ2n) is 7.36. The first-order valence-electron chi connectivity index (χ1n) is 8.45. The quantitative estimate of drug-likeness (QED) is 0.775. The van der Waals surface area contributed by atoms with Gasteiger partial charge >= 0.3 is 0 Å². The Hall–Kier alpha value is -2.75. The molecule has 0 aliphatic carbocycles. The molecule has 2 aromatic rings. The Bertz CT molecular complexity index is 935. The largest absolute Gasteiger partial charge is 0.270 e. The maximum absolute atomic E-state index is 12.6. The van der Waals surface area contributed by atoms with Crippen molar-refractivity contribution in [3.8, 4) is 0 Å². The van der Waals surface area contributed by atoms with Gasteiger partial charge in [0.1, 0.15) is 0 Å². The van der Waals surface area contributed by atoms with Crippen molar-refractivity contribution < 1.29 is 9.59 Å². The molecule has 2 heterocycles. The third-order valence-electron chi connectivity index (χ3n) is 5.53. The smallest absolute Gasteiger partial charge is 0.261 e. The minimum Gasteiger partial charge on any atom is -0.270 e. The van der Waals surface area contributed by atoms with Gasteiger partial charge in [-0.2, -0.15) is 0 Å². The average molecular weight is 332 g/mol. The van der Waals surface area contributed by atoms with Gasteiger partial charge in [-0.05, 0) is 48.7 Å². The Kier molecular flexibility index (Phi) is 3.23. The number of rotatable bonds is 2. The highest BCUT2D eigenvalue weighted by molar-refractivity contribution is 6.21. The Morgan fingerprint density at radius 3 is 2.20 bits per heavy atom. The number of fused-ring (bicyclic) bond motifs is 2. The van der Waals surface area contributed by atoms with E-state index in [0.717, 1.165) is 22.5 Å². The highest BCUT2D eigenvalue weighted by Gasteiger charge is 2.36. The van der Waals surface area contributed by atoms with E-state index in [2.05, 4.69) is 24.9 Å². The molecule has 0 saturated carbocycles. The van der Waals surface area contributed by atoms with Gasteiger partial charge in [0, 0.05) is 11.1 Å². The number of benzene rings is 2. The maximum Gasteiger partial charge on any atom is 0.261 e. The number of aliphatic imine (C=N–C) groups is 1. The molecule has 0 bridgehead atoms. The van der Waals surface area contributed by atoms with E-state index >= 15 is 0 Å². The Labute approximate surface area is 147 Å². The molecule has 0 fully saturated rings. The summed E-state index contributed by atoms with van der Waals surface area (Å²) in [6.45, 7) is 8.68. The first-order valence-corrected chi connectivity index (χ1v) is 8.45. The van der Waals surface area contributed by atoms with Crippen molar-refractivity contribution in [2.24, 2.45) is 4.99 Å². The molecule has 4 rings (SSSR count). The van der Waals surface area contributed by atoms with Crippen molar-refractivity contribution in [1.82, 2.24) is 4.90 Å². The lowest BCUT2D eigenvalue weighted by Crippen LogP contribution is -2.29. The lowest BCUT2D eigenvalue weighted by Gasteiger charge is -2.22. The van der Waals surface area contributed by atoms with E-state index in [-0.39, 0.29) is 23.8 Å². The van der Waals surface area contributed by atoms with Crippen LogP contribution in [0.2, 0.25) is 0 Å². The van der Waals surface area contributed by atoms with Crippen molar-refractivity contribution in [2.45, 2.75) is 39.7 Å². The predicted molar refractivity (Wildman–Crippen MR) is 97.6 cm³/mol. The van der Waals surface area contributed by atoms with E-state index in [1.807, 2.05) is 19.9 Å². The maximum atomic E-state index is 12.6. The Morgan fingerprint density at radius 1 is 1.00 bits per heavy atom.